The van der Waals surface area contributed by atoms with Gasteiger partial charge in [-0.3, -0.25) is 9.59 Å². The molecule has 0 aromatic heterocycles. The molecule has 2 aromatic carbocycles. The first-order valence-electron chi connectivity index (χ1n) is 10.2. The molecule has 2 N–H and O–H groups in total. The van der Waals surface area contributed by atoms with Crippen molar-refractivity contribution < 1.29 is 38.6 Å². The van der Waals surface area contributed by atoms with E-state index < -0.39 is 37.1 Å². The summed E-state index contributed by atoms with van der Waals surface area (Å²) in [6.45, 7) is 4.51. The highest BCUT2D eigenvalue weighted by Gasteiger charge is 2.38. The van der Waals surface area contributed by atoms with E-state index in [1.807, 2.05) is 0 Å². The minimum absolute atomic E-state index is 0.00148. The normalized spacial score (nSPS) is 15.4. The highest BCUT2D eigenvalue weighted by molar-refractivity contribution is 6.47. The Morgan fingerprint density at radius 1 is 1.12 bits per heavy atom. The van der Waals surface area contributed by atoms with Crippen LogP contribution in [0.2, 0.25) is 5.82 Å². The molecule has 0 aliphatic carbocycles. The van der Waals surface area contributed by atoms with E-state index >= 15 is 0 Å². The van der Waals surface area contributed by atoms with Gasteiger partial charge in [0.2, 0.25) is 6.79 Å². The van der Waals surface area contributed by atoms with Crippen LogP contribution in [-0.4, -0.2) is 41.8 Å². The number of esters is 2. The molecule has 2 aromatic rings. The van der Waals surface area contributed by atoms with Crippen molar-refractivity contribution >= 4 is 24.8 Å². The molecule has 1 atom stereocenters. The van der Waals surface area contributed by atoms with Gasteiger partial charge in [0, 0.05) is 17.8 Å². The Balaban J connectivity index is 1.67. The molecule has 0 amide bonds. The number of aromatic hydroxyl groups is 1. The van der Waals surface area contributed by atoms with Crippen molar-refractivity contribution in [1.82, 2.24) is 0 Å². The molecule has 0 spiro atoms. The van der Waals surface area contributed by atoms with Crippen molar-refractivity contribution in [2.75, 3.05) is 6.79 Å². The van der Waals surface area contributed by atoms with Crippen LogP contribution in [0.15, 0.2) is 42.5 Å². The average molecular weight is 440 g/mol. The molecule has 1 aliphatic rings. The van der Waals surface area contributed by atoms with Gasteiger partial charge in [0.25, 0.3) is 0 Å². The van der Waals surface area contributed by atoms with Gasteiger partial charge in [-0.1, -0.05) is 24.3 Å². The lowest BCUT2D eigenvalue weighted by atomic mass is 9.64. The maximum absolute atomic E-state index is 12.5. The highest BCUT2D eigenvalue weighted by atomic mass is 16.7. The van der Waals surface area contributed by atoms with Crippen molar-refractivity contribution in [1.29, 1.82) is 0 Å². The van der Waals surface area contributed by atoms with Crippen LogP contribution in [0.25, 0.3) is 0 Å². The Kier molecular flexibility index (Phi) is 6.88. The maximum atomic E-state index is 12.5. The second kappa shape index (κ2) is 9.44. The molecule has 1 aliphatic heterocycles. The highest BCUT2D eigenvalue weighted by Crippen LogP contribution is 2.37. The first-order valence-corrected chi connectivity index (χ1v) is 10.2. The molecule has 0 saturated carbocycles. The van der Waals surface area contributed by atoms with Gasteiger partial charge in [-0.15, -0.1) is 0 Å². The van der Waals surface area contributed by atoms with Crippen molar-refractivity contribution in [3.8, 4) is 11.5 Å². The fourth-order valence-electron chi connectivity index (χ4n) is 3.28. The average Bonchev–Trinajstić information content (AvgIpc) is 2.73. The quantitative estimate of drug-likeness (QED) is 0.304. The summed E-state index contributed by atoms with van der Waals surface area (Å²) in [6, 6.07) is 10.9. The van der Waals surface area contributed by atoms with Crippen LogP contribution in [0.4, 0.5) is 0 Å². The number of fused-ring (bicyclic) bond motifs is 1. The fourth-order valence-corrected chi connectivity index (χ4v) is 3.28. The van der Waals surface area contributed by atoms with Gasteiger partial charge in [0.1, 0.15) is 17.1 Å². The van der Waals surface area contributed by atoms with Crippen LogP contribution >= 0.6 is 0 Å². The molecular formula is C23H25BO8. The summed E-state index contributed by atoms with van der Waals surface area (Å²) in [5.41, 5.74) is 0.345. The van der Waals surface area contributed by atoms with E-state index in [1.54, 1.807) is 45.0 Å². The Morgan fingerprint density at radius 3 is 2.53 bits per heavy atom. The molecule has 0 unspecified atom stereocenters. The number of ketones is 1. The molecular weight excluding hydrogens is 415 g/mol. The van der Waals surface area contributed by atoms with Crippen LogP contribution in [-0.2, 0) is 20.7 Å². The molecule has 0 fully saturated rings. The number of ether oxygens (including phenoxy) is 2. The molecule has 8 nitrogen and oxygen atoms in total. The van der Waals surface area contributed by atoms with E-state index in [1.165, 1.54) is 18.2 Å². The zero-order valence-electron chi connectivity index (χ0n) is 18.2. The first kappa shape index (κ1) is 23.3. The number of carbonyl (C=O) groups is 3. The number of Topliss-reactive ketones (excluding diaryl/α,β-unsaturated/α-hetero) is 1. The minimum atomic E-state index is -1.31. The number of benzene rings is 2. The lowest BCUT2D eigenvalue weighted by Gasteiger charge is -2.28. The van der Waals surface area contributed by atoms with Crippen LogP contribution in [0.1, 0.15) is 53.5 Å². The molecule has 3 rings (SSSR count). The van der Waals surface area contributed by atoms with Gasteiger partial charge >= 0.3 is 19.1 Å². The van der Waals surface area contributed by atoms with Gasteiger partial charge < -0.3 is 24.3 Å². The summed E-state index contributed by atoms with van der Waals surface area (Å²) in [6.07, 6.45) is 0.308. The van der Waals surface area contributed by atoms with E-state index in [2.05, 4.69) is 0 Å². The van der Waals surface area contributed by atoms with E-state index in [9.17, 15) is 24.5 Å². The Morgan fingerprint density at radius 2 is 1.84 bits per heavy atom. The third-order valence-electron chi connectivity index (χ3n) is 5.05. The molecule has 168 valence electrons. The number of phenolic OH excluding ortho intramolecular Hbond substituents is 1. The molecule has 32 heavy (non-hydrogen) atoms. The molecule has 0 radical (unpaired) electrons. The van der Waals surface area contributed by atoms with Crippen molar-refractivity contribution in [2.45, 2.75) is 39.4 Å². The lowest BCUT2D eigenvalue weighted by Crippen LogP contribution is -2.36. The zero-order chi connectivity index (χ0) is 23.5. The Labute approximate surface area is 186 Å². The zero-order valence-corrected chi connectivity index (χ0v) is 18.2. The summed E-state index contributed by atoms with van der Waals surface area (Å²) in [5.74, 6) is -1.88. The van der Waals surface area contributed by atoms with Crippen molar-refractivity contribution in [2.24, 2.45) is 5.41 Å². The van der Waals surface area contributed by atoms with Crippen LogP contribution < -0.4 is 4.65 Å². The number of carbonyl (C=O) groups excluding carboxylic acids is 3. The van der Waals surface area contributed by atoms with Crippen LogP contribution in [0.5, 0.6) is 11.5 Å². The van der Waals surface area contributed by atoms with Gasteiger partial charge in [-0.2, -0.15) is 0 Å². The van der Waals surface area contributed by atoms with E-state index in [4.69, 9.17) is 14.1 Å². The monoisotopic (exact) mass is 440 g/mol. The van der Waals surface area contributed by atoms with Crippen molar-refractivity contribution in [3.05, 3.63) is 59.2 Å². The van der Waals surface area contributed by atoms with Crippen LogP contribution in [0.3, 0.4) is 0 Å². The number of rotatable bonds is 6. The summed E-state index contributed by atoms with van der Waals surface area (Å²) in [7, 11) is -1.31. The Hall–Kier alpha value is -3.33. The fraction of sp³-hybridized carbons (Fsp3) is 0.348. The second-order valence-electron chi connectivity index (χ2n) is 8.68. The summed E-state index contributed by atoms with van der Waals surface area (Å²) in [4.78, 5) is 36.8. The van der Waals surface area contributed by atoms with Gasteiger partial charge in [0.15, 0.2) is 5.78 Å². The van der Waals surface area contributed by atoms with E-state index in [-0.39, 0.29) is 29.3 Å². The predicted molar refractivity (Wildman–Crippen MR) is 115 cm³/mol. The molecule has 1 heterocycles. The van der Waals surface area contributed by atoms with E-state index in [0.29, 0.717) is 17.5 Å². The van der Waals surface area contributed by atoms with E-state index in [0.717, 1.165) is 0 Å². The van der Waals surface area contributed by atoms with Gasteiger partial charge in [0.05, 0.1) is 5.41 Å². The standard InChI is InChI=1S/C23H25BO8/c1-23(2,3)22(28)31-13-30-21(27)18-9-5-7-15-10-16(24(29)32-20(15)18)12-19(26)14-6-4-8-17(25)11-14/h4-9,11,16,25,29H,10,12-13H2,1-3H3/t16-/m1/s1. The number of hydrogen-bond acceptors (Lipinski definition) is 8. The van der Waals surface area contributed by atoms with Crippen molar-refractivity contribution in [3.63, 3.8) is 0 Å². The number of para-hydroxylation sites is 1. The smallest absolute Gasteiger partial charge is 0.526 e. The third kappa shape index (κ3) is 5.47. The third-order valence-corrected chi connectivity index (χ3v) is 5.05. The van der Waals surface area contributed by atoms with Gasteiger partial charge in [-0.25, -0.2) is 4.79 Å². The largest absolute Gasteiger partial charge is 0.535 e. The maximum Gasteiger partial charge on any atom is 0.526 e. The SMILES string of the molecule is CC(C)(C)C(=O)OCOC(=O)c1cccc2c1OB(O)[C@@H](CC(=O)c1cccc(O)c1)C2. The predicted octanol–water partition coefficient (Wildman–Crippen LogP) is 3.15. The number of phenols is 1. The summed E-state index contributed by atoms with van der Waals surface area (Å²) in [5, 5.41) is 20.0. The lowest BCUT2D eigenvalue weighted by molar-refractivity contribution is -0.161. The summed E-state index contributed by atoms with van der Waals surface area (Å²) >= 11 is 0. The Bertz CT molecular complexity index is 1030. The second-order valence-corrected chi connectivity index (χ2v) is 8.68. The first-order chi connectivity index (χ1) is 15.1. The number of hydrogen-bond donors (Lipinski definition) is 2. The minimum Gasteiger partial charge on any atom is -0.535 e. The van der Waals surface area contributed by atoms with Gasteiger partial charge in [-0.05, 0) is 51.0 Å². The topological polar surface area (TPSA) is 119 Å². The summed E-state index contributed by atoms with van der Waals surface area (Å²) < 4.78 is 15.6. The molecule has 9 heteroatoms. The molecule has 0 saturated heterocycles. The van der Waals surface area contributed by atoms with Crippen LogP contribution in [0, 0.1) is 5.41 Å². The molecule has 0 bridgehead atoms.